The molecule has 142 valence electrons. The van der Waals surface area contributed by atoms with Crippen LogP contribution in [0.4, 0.5) is 5.69 Å². The largest absolute Gasteiger partial charge is 0.506 e. The van der Waals surface area contributed by atoms with Gasteiger partial charge in [-0.3, -0.25) is 9.36 Å². The predicted molar refractivity (Wildman–Crippen MR) is 105 cm³/mol. The molecular formula is C18H18ClN3O4S. The van der Waals surface area contributed by atoms with Crippen LogP contribution >= 0.6 is 22.9 Å². The van der Waals surface area contributed by atoms with Gasteiger partial charge in [0, 0.05) is 18.4 Å². The summed E-state index contributed by atoms with van der Waals surface area (Å²) >= 11 is 6.97. The maximum absolute atomic E-state index is 12.6. The van der Waals surface area contributed by atoms with Crippen LogP contribution in [0.1, 0.15) is 19.4 Å². The highest BCUT2D eigenvalue weighted by Gasteiger charge is 2.16. The lowest BCUT2D eigenvalue weighted by atomic mass is 10.2. The molecule has 0 bridgehead atoms. The Morgan fingerprint density at radius 2 is 2.19 bits per heavy atom. The molecule has 2 rings (SSSR count). The van der Waals surface area contributed by atoms with Gasteiger partial charge in [0.25, 0.3) is 5.56 Å². The van der Waals surface area contributed by atoms with Crippen molar-refractivity contribution in [3.8, 4) is 11.8 Å². The highest BCUT2D eigenvalue weighted by atomic mass is 35.5. The third-order valence-corrected chi connectivity index (χ3v) is 5.07. The Morgan fingerprint density at radius 1 is 1.48 bits per heavy atom. The van der Waals surface area contributed by atoms with Crippen molar-refractivity contribution in [3.63, 3.8) is 0 Å². The molecule has 0 amide bonds. The van der Waals surface area contributed by atoms with Crippen molar-refractivity contribution >= 4 is 46.4 Å². The molecule has 1 aromatic heterocycles. The molecule has 0 unspecified atom stereocenters. The third kappa shape index (κ3) is 4.32. The summed E-state index contributed by atoms with van der Waals surface area (Å²) in [7, 11) is 0. The van der Waals surface area contributed by atoms with Crippen LogP contribution < -0.4 is 20.1 Å². The number of aromatic nitrogens is 1. The Labute approximate surface area is 164 Å². The number of esters is 1. The highest BCUT2D eigenvalue weighted by molar-refractivity contribution is 7.07. The minimum Gasteiger partial charge on any atom is -0.506 e. The number of nitrogens with one attached hydrogen (secondary N) is 1. The van der Waals surface area contributed by atoms with Gasteiger partial charge in [-0.2, -0.15) is 5.26 Å². The SMILES string of the molecule is CCOC(=O)/C(C#N)=c1\s/c(=C/Nc2cc(C)c(O)c(Cl)c2)c(=O)n1CC. The average Bonchev–Trinajstić information content (AvgIpc) is 2.94. The Hall–Kier alpha value is -2.76. The first-order valence-corrected chi connectivity index (χ1v) is 9.30. The number of ether oxygens (including phenoxy) is 1. The monoisotopic (exact) mass is 407 g/mol. The molecule has 0 aliphatic rings. The van der Waals surface area contributed by atoms with Crippen LogP contribution in [0.2, 0.25) is 5.02 Å². The summed E-state index contributed by atoms with van der Waals surface area (Å²) in [6.45, 7) is 5.52. The van der Waals surface area contributed by atoms with E-state index in [-0.39, 0.29) is 33.2 Å². The van der Waals surface area contributed by atoms with Crippen molar-refractivity contribution in [1.82, 2.24) is 4.57 Å². The Morgan fingerprint density at radius 3 is 2.74 bits per heavy atom. The highest BCUT2D eigenvalue weighted by Crippen LogP contribution is 2.30. The van der Waals surface area contributed by atoms with Crippen molar-refractivity contribution in [3.05, 3.63) is 42.3 Å². The molecule has 0 saturated carbocycles. The number of nitrogens with zero attached hydrogens (tertiary/aromatic N) is 2. The van der Waals surface area contributed by atoms with Gasteiger partial charge in [-0.05, 0) is 38.5 Å². The van der Waals surface area contributed by atoms with Gasteiger partial charge >= 0.3 is 5.97 Å². The van der Waals surface area contributed by atoms with E-state index in [0.29, 0.717) is 22.3 Å². The number of hydrogen-bond acceptors (Lipinski definition) is 7. The normalized spacial score (nSPS) is 12.5. The van der Waals surface area contributed by atoms with E-state index in [4.69, 9.17) is 16.3 Å². The minimum atomic E-state index is -0.760. The van der Waals surface area contributed by atoms with Crippen LogP contribution in [-0.4, -0.2) is 22.2 Å². The number of phenolic OH excluding ortho intramolecular Hbond substituents is 1. The Bertz CT molecular complexity index is 1070. The van der Waals surface area contributed by atoms with E-state index in [2.05, 4.69) is 5.32 Å². The molecule has 0 fully saturated rings. The number of carbonyl (C=O) groups is 1. The van der Waals surface area contributed by atoms with Crippen LogP contribution in [0.5, 0.6) is 5.75 Å². The zero-order chi connectivity index (χ0) is 20.1. The molecule has 0 radical (unpaired) electrons. The van der Waals surface area contributed by atoms with E-state index in [1.807, 2.05) is 6.07 Å². The van der Waals surface area contributed by atoms with E-state index in [0.717, 1.165) is 11.3 Å². The van der Waals surface area contributed by atoms with Gasteiger partial charge in [-0.1, -0.05) is 11.6 Å². The van der Waals surface area contributed by atoms with Crippen molar-refractivity contribution in [2.24, 2.45) is 0 Å². The lowest BCUT2D eigenvalue weighted by Gasteiger charge is -2.05. The third-order valence-electron chi connectivity index (χ3n) is 3.65. The van der Waals surface area contributed by atoms with E-state index in [1.54, 1.807) is 26.8 Å². The smallest absolute Gasteiger partial charge is 0.351 e. The first-order chi connectivity index (χ1) is 12.8. The van der Waals surface area contributed by atoms with Crippen LogP contribution in [0, 0.1) is 18.3 Å². The number of aryl methyl sites for hydroxylation is 1. The van der Waals surface area contributed by atoms with Crippen LogP contribution in [0.25, 0.3) is 11.8 Å². The number of aromatic hydroxyl groups is 1. The molecule has 2 aromatic rings. The number of hydrogen-bond donors (Lipinski definition) is 2. The van der Waals surface area contributed by atoms with Crippen molar-refractivity contribution in [2.45, 2.75) is 27.3 Å². The lowest BCUT2D eigenvalue weighted by Crippen LogP contribution is -2.32. The van der Waals surface area contributed by atoms with Gasteiger partial charge in [0.1, 0.15) is 21.0 Å². The van der Waals surface area contributed by atoms with Gasteiger partial charge < -0.3 is 15.2 Å². The van der Waals surface area contributed by atoms with Crippen molar-refractivity contribution in [1.29, 1.82) is 5.26 Å². The minimum absolute atomic E-state index is 0.00309. The van der Waals surface area contributed by atoms with Gasteiger partial charge in [-0.25, -0.2) is 4.79 Å². The summed E-state index contributed by atoms with van der Waals surface area (Å²) in [6.07, 6.45) is 1.48. The Balaban J connectivity index is 2.59. The van der Waals surface area contributed by atoms with Crippen LogP contribution in [-0.2, 0) is 16.1 Å². The van der Waals surface area contributed by atoms with E-state index < -0.39 is 5.97 Å². The lowest BCUT2D eigenvalue weighted by molar-refractivity contribution is -0.136. The second-order valence-corrected chi connectivity index (χ2v) is 6.88. The van der Waals surface area contributed by atoms with Gasteiger partial charge in [-0.15, -0.1) is 11.3 Å². The standard InChI is InChI=1S/C18H18ClN3O4S/c1-4-22-16(24)14(27-17(22)12(8-20)18(25)26-5-2)9-21-11-6-10(3)15(23)13(19)7-11/h6-7,9,21,23H,4-5H2,1-3H3/b14-9+,17-12-. The van der Waals surface area contributed by atoms with Gasteiger partial charge in [0.15, 0.2) is 5.57 Å². The molecule has 0 spiro atoms. The maximum Gasteiger partial charge on any atom is 0.351 e. The van der Waals surface area contributed by atoms with E-state index >= 15 is 0 Å². The van der Waals surface area contributed by atoms with Crippen LogP contribution in [0.3, 0.4) is 0 Å². The topological polar surface area (TPSA) is 104 Å². The summed E-state index contributed by atoms with van der Waals surface area (Å²) < 4.78 is 6.80. The second-order valence-electron chi connectivity index (χ2n) is 5.44. The molecule has 9 heteroatoms. The molecular weight excluding hydrogens is 390 g/mol. The van der Waals surface area contributed by atoms with E-state index in [9.17, 15) is 20.0 Å². The fraction of sp³-hybridized carbons (Fsp3) is 0.278. The fourth-order valence-electron chi connectivity index (χ4n) is 2.35. The first kappa shape index (κ1) is 20.6. The Kier molecular flexibility index (Phi) is 6.66. The molecule has 7 nitrogen and oxygen atoms in total. The molecule has 1 aromatic carbocycles. The van der Waals surface area contributed by atoms with Gasteiger partial charge in [0.2, 0.25) is 0 Å². The average molecular weight is 408 g/mol. The van der Waals surface area contributed by atoms with E-state index in [1.165, 1.54) is 16.8 Å². The molecule has 27 heavy (non-hydrogen) atoms. The summed E-state index contributed by atoms with van der Waals surface area (Å²) in [6, 6.07) is 5.03. The van der Waals surface area contributed by atoms with Crippen LogP contribution in [0.15, 0.2) is 16.9 Å². The summed E-state index contributed by atoms with van der Waals surface area (Å²) in [5, 5.41) is 22.2. The number of rotatable bonds is 5. The fourth-order valence-corrected chi connectivity index (χ4v) is 3.69. The molecule has 0 saturated heterocycles. The first-order valence-electron chi connectivity index (χ1n) is 8.11. The molecule has 2 N–H and O–H groups in total. The second kappa shape index (κ2) is 8.75. The number of thiazole rings is 1. The van der Waals surface area contributed by atoms with Crippen molar-refractivity contribution in [2.75, 3.05) is 11.9 Å². The zero-order valence-electron chi connectivity index (χ0n) is 15.0. The predicted octanol–water partition coefficient (Wildman–Crippen LogP) is 1.68. The molecule has 1 heterocycles. The van der Waals surface area contributed by atoms with Crippen molar-refractivity contribution < 1.29 is 14.6 Å². The molecule has 0 aliphatic carbocycles. The number of halogens is 1. The van der Waals surface area contributed by atoms with Gasteiger partial charge in [0.05, 0.1) is 11.6 Å². The number of benzene rings is 1. The molecule has 0 atom stereocenters. The summed E-state index contributed by atoms with van der Waals surface area (Å²) in [4.78, 5) is 24.6. The number of phenols is 1. The number of nitriles is 1. The number of carbonyl (C=O) groups excluding carboxylic acids is 1. The maximum atomic E-state index is 12.6. The quantitative estimate of drug-likeness (QED) is 0.577. The number of anilines is 1. The molecule has 0 aliphatic heterocycles. The zero-order valence-corrected chi connectivity index (χ0v) is 16.6. The summed E-state index contributed by atoms with van der Waals surface area (Å²) in [5.74, 6) is -0.763. The summed E-state index contributed by atoms with van der Waals surface area (Å²) in [5.41, 5.74) is 0.633.